The van der Waals surface area contributed by atoms with E-state index in [-0.39, 0.29) is 0 Å². The standard InChI is InChI=1S/C12H24N2O/c1-2-8-15-9-7-14-6-5-11-3-4-12(10-14)13-11/h11-13H,2-10H2,1H3. The Morgan fingerprint density at radius 3 is 2.93 bits per heavy atom. The minimum absolute atomic E-state index is 0.753. The minimum atomic E-state index is 0.753. The van der Waals surface area contributed by atoms with Gasteiger partial charge in [0.05, 0.1) is 6.61 Å². The fraction of sp³-hybridized carbons (Fsp3) is 1.00. The molecule has 1 N–H and O–H groups in total. The summed E-state index contributed by atoms with van der Waals surface area (Å²) >= 11 is 0. The molecule has 0 saturated carbocycles. The highest BCUT2D eigenvalue weighted by Crippen LogP contribution is 2.19. The van der Waals surface area contributed by atoms with Crippen molar-refractivity contribution >= 4 is 0 Å². The number of likely N-dealkylation sites (tertiary alicyclic amines) is 1. The number of nitrogens with zero attached hydrogens (tertiary/aromatic N) is 1. The van der Waals surface area contributed by atoms with Gasteiger partial charge in [-0.05, 0) is 32.2 Å². The summed E-state index contributed by atoms with van der Waals surface area (Å²) in [7, 11) is 0. The van der Waals surface area contributed by atoms with Crippen LogP contribution in [0.1, 0.15) is 32.6 Å². The van der Waals surface area contributed by atoms with Gasteiger partial charge in [0, 0.05) is 31.8 Å². The third-order valence-corrected chi connectivity index (χ3v) is 3.51. The van der Waals surface area contributed by atoms with Gasteiger partial charge in [0.15, 0.2) is 0 Å². The van der Waals surface area contributed by atoms with Crippen molar-refractivity contribution in [2.75, 3.05) is 32.8 Å². The van der Waals surface area contributed by atoms with Crippen molar-refractivity contribution in [2.24, 2.45) is 0 Å². The van der Waals surface area contributed by atoms with Gasteiger partial charge in [-0.1, -0.05) is 6.92 Å². The van der Waals surface area contributed by atoms with Crippen LogP contribution in [0.2, 0.25) is 0 Å². The van der Waals surface area contributed by atoms with Crippen molar-refractivity contribution in [2.45, 2.75) is 44.7 Å². The third-order valence-electron chi connectivity index (χ3n) is 3.51. The average Bonchev–Trinajstić information content (AvgIpc) is 2.56. The molecule has 0 spiro atoms. The first-order valence-corrected chi connectivity index (χ1v) is 6.44. The first-order valence-electron chi connectivity index (χ1n) is 6.44. The zero-order chi connectivity index (χ0) is 10.5. The van der Waals surface area contributed by atoms with Gasteiger partial charge in [0.1, 0.15) is 0 Å². The topological polar surface area (TPSA) is 24.5 Å². The van der Waals surface area contributed by atoms with E-state index < -0.39 is 0 Å². The van der Waals surface area contributed by atoms with E-state index in [1.165, 1.54) is 32.4 Å². The van der Waals surface area contributed by atoms with Crippen LogP contribution in [-0.4, -0.2) is 49.8 Å². The van der Waals surface area contributed by atoms with E-state index in [2.05, 4.69) is 17.1 Å². The maximum Gasteiger partial charge on any atom is 0.0593 e. The predicted molar refractivity (Wildman–Crippen MR) is 62.1 cm³/mol. The van der Waals surface area contributed by atoms with Crippen LogP contribution in [0.4, 0.5) is 0 Å². The lowest BCUT2D eigenvalue weighted by Gasteiger charge is -2.23. The van der Waals surface area contributed by atoms with Gasteiger partial charge in [-0.3, -0.25) is 4.90 Å². The molecule has 2 fully saturated rings. The second kappa shape index (κ2) is 5.83. The van der Waals surface area contributed by atoms with E-state index >= 15 is 0 Å². The minimum Gasteiger partial charge on any atom is -0.380 e. The zero-order valence-corrected chi connectivity index (χ0v) is 9.87. The number of nitrogens with one attached hydrogen (secondary N) is 1. The Morgan fingerprint density at radius 1 is 1.20 bits per heavy atom. The number of hydrogen-bond acceptors (Lipinski definition) is 3. The average molecular weight is 212 g/mol. The maximum absolute atomic E-state index is 5.54. The second-order valence-corrected chi connectivity index (χ2v) is 4.84. The Kier molecular flexibility index (Phi) is 4.42. The van der Waals surface area contributed by atoms with Crippen LogP contribution in [0.15, 0.2) is 0 Å². The molecule has 0 aromatic rings. The van der Waals surface area contributed by atoms with E-state index in [9.17, 15) is 0 Å². The Morgan fingerprint density at radius 2 is 2.07 bits per heavy atom. The number of hydrogen-bond donors (Lipinski definition) is 1. The lowest BCUT2D eigenvalue weighted by atomic mass is 10.1. The molecular formula is C12H24N2O. The molecule has 0 radical (unpaired) electrons. The zero-order valence-electron chi connectivity index (χ0n) is 9.87. The summed E-state index contributed by atoms with van der Waals surface area (Å²) in [6, 6.07) is 1.56. The van der Waals surface area contributed by atoms with Crippen LogP contribution < -0.4 is 5.32 Å². The van der Waals surface area contributed by atoms with Gasteiger partial charge in [-0.2, -0.15) is 0 Å². The number of rotatable bonds is 5. The van der Waals surface area contributed by atoms with Gasteiger partial charge < -0.3 is 10.1 Å². The van der Waals surface area contributed by atoms with Crippen LogP contribution in [0.5, 0.6) is 0 Å². The van der Waals surface area contributed by atoms with Gasteiger partial charge >= 0.3 is 0 Å². The Hall–Kier alpha value is -0.120. The predicted octanol–water partition coefficient (Wildman–Crippen LogP) is 1.24. The molecule has 3 nitrogen and oxygen atoms in total. The molecule has 0 aliphatic carbocycles. The second-order valence-electron chi connectivity index (χ2n) is 4.84. The Balaban J connectivity index is 1.65. The van der Waals surface area contributed by atoms with Gasteiger partial charge in [0.25, 0.3) is 0 Å². The SMILES string of the molecule is CCCOCCN1CCC2CCC(C1)N2. The van der Waals surface area contributed by atoms with E-state index in [0.717, 1.165) is 38.3 Å². The van der Waals surface area contributed by atoms with E-state index in [0.29, 0.717) is 0 Å². The van der Waals surface area contributed by atoms with Crippen LogP contribution in [-0.2, 0) is 4.74 Å². The summed E-state index contributed by atoms with van der Waals surface area (Å²) in [5.74, 6) is 0. The van der Waals surface area contributed by atoms with Crippen molar-refractivity contribution < 1.29 is 4.74 Å². The van der Waals surface area contributed by atoms with Crippen molar-refractivity contribution in [3.63, 3.8) is 0 Å². The monoisotopic (exact) mass is 212 g/mol. The van der Waals surface area contributed by atoms with E-state index in [4.69, 9.17) is 4.74 Å². The van der Waals surface area contributed by atoms with Gasteiger partial charge in [-0.15, -0.1) is 0 Å². The molecule has 0 amide bonds. The van der Waals surface area contributed by atoms with Crippen molar-refractivity contribution in [1.82, 2.24) is 10.2 Å². The smallest absolute Gasteiger partial charge is 0.0593 e. The number of fused-ring (bicyclic) bond motifs is 2. The van der Waals surface area contributed by atoms with E-state index in [1.54, 1.807) is 0 Å². The first kappa shape index (κ1) is 11.4. The normalized spacial score (nSPS) is 31.8. The molecule has 2 bridgehead atoms. The molecule has 2 unspecified atom stereocenters. The van der Waals surface area contributed by atoms with Crippen molar-refractivity contribution in [1.29, 1.82) is 0 Å². The molecule has 88 valence electrons. The molecule has 2 heterocycles. The number of ether oxygens (including phenoxy) is 1. The third kappa shape index (κ3) is 3.44. The van der Waals surface area contributed by atoms with Crippen LogP contribution in [0, 0.1) is 0 Å². The molecule has 2 aliphatic heterocycles. The molecule has 0 aromatic heterocycles. The summed E-state index contributed by atoms with van der Waals surface area (Å²) in [5, 5.41) is 3.70. The highest BCUT2D eigenvalue weighted by atomic mass is 16.5. The summed E-state index contributed by atoms with van der Waals surface area (Å²) in [6.45, 7) is 7.58. The molecule has 3 heteroatoms. The molecule has 2 saturated heterocycles. The van der Waals surface area contributed by atoms with E-state index in [1.807, 2.05) is 0 Å². The summed E-state index contributed by atoms with van der Waals surface area (Å²) in [6.07, 6.45) is 5.22. The lowest BCUT2D eigenvalue weighted by Crippen LogP contribution is -2.37. The first-order chi connectivity index (χ1) is 7.38. The Labute approximate surface area is 93.2 Å². The quantitative estimate of drug-likeness (QED) is 0.694. The molecule has 0 aromatic carbocycles. The molecular weight excluding hydrogens is 188 g/mol. The van der Waals surface area contributed by atoms with Gasteiger partial charge in [0.2, 0.25) is 0 Å². The summed E-state index contributed by atoms with van der Waals surface area (Å²) in [4.78, 5) is 2.56. The van der Waals surface area contributed by atoms with Gasteiger partial charge in [-0.25, -0.2) is 0 Å². The van der Waals surface area contributed by atoms with Crippen LogP contribution >= 0.6 is 0 Å². The summed E-state index contributed by atoms with van der Waals surface area (Å²) in [5.41, 5.74) is 0. The largest absolute Gasteiger partial charge is 0.380 e. The van der Waals surface area contributed by atoms with Crippen LogP contribution in [0.25, 0.3) is 0 Å². The molecule has 15 heavy (non-hydrogen) atoms. The Bertz CT molecular complexity index is 186. The lowest BCUT2D eigenvalue weighted by molar-refractivity contribution is 0.102. The maximum atomic E-state index is 5.54. The van der Waals surface area contributed by atoms with Crippen LogP contribution in [0.3, 0.4) is 0 Å². The van der Waals surface area contributed by atoms with Crippen molar-refractivity contribution in [3.8, 4) is 0 Å². The molecule has 2 atom stereocenters. The highest BCUT2D eigenvalue weighted by molar-refractivity contribution is 4.89. The molecule has 2 rings (SSSR count). The van der Waals surface area contributed by atoms with Crippen molar-refractivity contribution in [3.05, 3.63) is 0 Å². The highest BCUT2D eigenvalue weighted by Gasteiger charge is 2.28. The summed E-state index contributed by atoms with van der Waals surface area (Å²) < 4.78 is 5.54. The molecule has 2 aliphatic rings. The fourth-order valence-electron chi connectivity index (χ4n) is 2.66. The fourth-order valence-corrected chi connectivity index (χ4v) is 2.66.